The fourth-order valence-corrected chi connectivity index (χ4v) is 1.51. The van der Waals surface area contributed by atoms with Crippen molar-refractivity contribution >= 4 is 11.8 Å². The summed E-state index contributed by atoms with van der Waals surface area (Å²) >= 11 is 1.57. The van der Waals surface area contributed by atoms with Crippen LogP contribution in [0.2, 0.25) is 0 Å². The molecule has 1 aromatic rings. The van der Waals surface area contributed by atoms with Crippen molar-refractivity contribution < 1.29 is 4.42 Å². The van der Waals surface area contributed by atoms with Crippen LogP contribution < -0.4 is 5.73 Å². The summed E-state index contributed by atoms with van der Waals surface area (Å²) in [5, 5.41) is 8.47. The average molecular weight is 215 g/mol. The Balaban J connectivity index is 2.58. The third kappa shape index (κ3) is 2.99. The first-order valence-corrected chi connectivity index (χ1v) is 5.85. The van der Waals surface area contributed by atoms with Gasteiger partial charge in [-0.15, -0.1) is 10.2 Å². The van der Waals surface area contributed by atoms with Crippen LogP contribution >= 0.6 is 11.8 Å². The second kappa shape index (κ2) is 5.36. The van der Waals surface area contributed by atoms with E-state index in [1.165, 1.54) is 0 Å². The lowest BCUT2D eigenvalue weighted by Gasteiger charge is -2.09. The minimum Gasteiger partial charge on any atom is -0.414 e. The Hall–Kier alpha value is -0.550. The van der Waals surface area contributed by atoms with E-state index in [9.17, 15) is 0 Å². The van der Waals surface area contributed by atoms with Gasteiger partial charge in [0.05, 0.1) is 6.04 Å². The monoisotopic (exact) mass is 215 g/mol. The predicted octanol–water partition coefficient (Wildman–Crippen LogP) is 2.23. The van der Waals surface area contributed by atoms with Gasteiger partial charge in [0.1, 0.15) is 0 Å². The summed E-state index contributed by atoms with van der Waals surface area (Å²) in [4.78, 5) is 0. The molecule has 0 saturated heterocycles. The maximum absolute atomic E-state index is 5.87. The van der Waals surface area contributed by atoms with Crippen molar-refractivity contribution in [2.45, 2.75) is 38.5 Å². The quantitative estimate of drug-likeness (QED) is 0.763. The normalized spacial score (nSPS) is 13.5. The molecule has 0 unspecified atom stereocenters. The highest BCUT2D eigenvalue weighted by atomic mass is 32.2. The van der Waals surface area contributed by atoms with Gasteiger partial charge in [0, 0.05) is 5.75 Å². The van der Waals surface area contributed by atoms with Crippen LogP contribution in [0.15, 0.2) is 9.64 Å². The van der Waals surface area contributed by atoms with Gasteiger partial charge in [-0.25, -0.2) is 0 Å². The number of hydrogen-bond donors (Lipinski definition) is 1. The van der Waals surface area contributed by atoms with E-state index in [-0.39, 0.29) is 6.04 Å². The Morgan fingerprint density at radius 2 is 2.14 bits per heavy atom. The molecule has 0 spiro atoms. The lowest BCUT2D eigenvalue weighted by Crippen LogP contribution is -2.16. The first kappa shape index (κ1) is 11.5. The Morgan fingerprint density at radius 3 is 2.71 bits per heavy atom. The summed E-state index contributed by atoms with van der Waals surface area (Å²) in [5.74, 6) is 1.86. The van der Waals surface area contributed by atoms with Gasteiger partial charge >= 0.3 is 0 Å². The second-order valence-electron chi connectivity index (χ2n) is 3.52. The van der Waals surface area contributed by atoms with Crippen molar-refractivity contribution in [3.05, 3.63) is 5.89 Å². The van der Waals surface area contributed by atoms with Gasteiger partial charge in [0.25, 0.3) is 5.22 Å². The lowest BCUT2D eigenvalue weighted by atomic mass is 10.1. The van der Waals surface area contributed by atoms with E-state index in [4.69, 9.17) is 10.2 Å². The SMILES string of the molecule is CCCSc1nnc([C@@H](N)C(C)C)o1. The summed E-state index contributed by atoms with van der Waals surface area (Å²) < 4.78 is 5.42. The van der Waals surface area contributed by atoms with Crippen molar-refractivity contribution in [1.29, 1.82) is 0 Å². The molecule has 1 aromatic heterocycles. The van der Waals surface area contributed by atoms with Crippen LogP contribution in [-0.2, 0) is 0 Å². The van der Waals surface area contributed by atoms with Crippen molar-refractivity contribution in [2.75, 3.05) is 5.75 Å². The molecule has 80 valence electrons. The van der Waals surface area contributed by atoms with Gasteiger partial charge in [-0.1, -0.05) is 32.5 Å². The number of nitrogens with zero attached hydrogens (tertiary/aromatic N) is 2. The van der Waals surface area contributed by atoms with E-state index in [2.05, 4.69) is 17.1 Å². The Bertz CT molecular complexity index is 275. The number of aromatic nitrogens is 2. The molecular formula is C9H17N3OS. The smallest absolute Gasteiger partial charge is 0.276 e. The van der Waals surface area contributed by atoms with Crippen LogP contribution in [0.25, 0.3) is 0 Å². The zero-order valence-electron chi connectivity index (χ0n) is 8.86. The molecule has 0 aliphatic carbocycles. The molecular weight excluding hydrogens is 198 g/mol. The van der Waals surface area contributed by atoms with E-state index in [0.717, 1.165) is 12.2 Å². The van der Waals surface area contributed by atoms with Gasteiger partial charge in [-0.2, -0.15) is 0 Å². The summed E-state index contributed by atoms with van der Waals surface area (Å²) in [5.41, 5.74) is 5.87. The summed E-state index contributed by atoms with van der Waals surface area (Å²) in [6.45, 7) is 6.19. The van der Waals surface area contributed by atoms with Gasteiger partial charge in [0.2, 0.25) is 5.89 Å². The molecule has 4 nitrogen and oxygen atoms in total. The van der Waals surface area contributed by atoms with E-state index >= 15 is 0 Å². The number of nitrogens with two attached hydrogens (primary N) is 1. The van der Waals surface area contributed by atoms with Gasteiger partial charge in [-0.05, 0) is 12.3 Å². The molecule has 5 heteroatoms. The molecule has 0 amide bonds. The van der Waals surface area contributed by atoms with E-state index < -0.39 is 0 Å². The maximum Gasteiger partial charge on any atom is 0.276 e. The zero-order valence-corrected chi connectivity index (χ0v) is 9.67. The predicted molar refractivity (Wildman–Crippen MR) is 57.1 cm³/mol. The van der Waals surface area contributed by atoms with Crippen LogP contribution in [0.3, 0.4) is 0 Å². The van der Waals surface area contributed by atoms with Gasteiger partial charge in [-0.3, -0.25) is 0 Å². The molecule has 0 aromatic carbocycles. The highest BCUT2D eigenvalue weighted by Gasteiger charge is 2.17. The molecule has 1 atom stereocenters. The third-order valence-electron chi connectivity index (χ3n) is 1.86. The molecule has 2 N–H and O–H groups in total. The van der Waals surface area contributed by atoms with Crippen LogP contribution in [0.1, 0.15) is 39.1 Å². The summed E-state index contributed by atoms with van der Waals surface area (Å²) in [7, 11) is 0. The van der Waals surface area contributed by atoms with Crippen molar-refractivity contribution in [1.82, 2.24) is 10.2 Å². The molecule has 0 fully saturated rings. The van der Waals surface area contributed by atoms with Gasteiger partial charge < -0.3 is 10.2 Å². The van der Waals surface area contributed by atoms with Crippen LogP contribution in [0.5, 0.6) is 0 Å². The zero-order chi connectivity index (χ0) is 10.6. The number of thioether (sulfide) groups is 1. The van der Waals surface area contributed by atoms with E-state index in [0.29, 0.717) is 17.0 Å². The molecule has 1 rings (SSSR count). The maximum atomic E-state index is 5.87. The number of rotatable bonds is 5. The average Bonchev–Trinajstić information content (AvgIpc) is 2.61. The minimum absolute atomic E-state index is 0.154. The van der Waals surface area contributed by atoms with Gasteiger partial charge in [0.15, 0.2) is 0 Å². The third-order valence-corrected chi connectivity index (χ3v) is 2.88. The standard InChI is InChI=1S/C9H17N3OS/c1-4-5-14-9-12-11-8(13-9)7(10)6(2)3/h6-7H,4-5,10H2,1-3H3/t7-/m0/s1. The van der Waals surface area contributed by atoms with E-state index in [1.807, 2.05) is 13.8 Å². The largest absolute Gasteiger partial charge is 0.414 e. The topological polar surface area (TPSA) is 64.9 Å². The number of hydrogen-bond acceptors (Lipinski definition) is 5. The molecule has 0 bridgehead atoms. The Labute approximate surface area is 88.7 Å². The van der Waals surface area contributed by atoms with Crippen molar-refractivity contribution in [2.24, 2.45) is 11.7 Å². The summed E-state index contributed by atoms with van der Waals surface area (Å²) in [6.07, 6.45) is 1.10. The second-order valence-corrected chi connectivity index (χ2v) is 4.57. The van der Waals surface area contributed by atoms with E-state index in [1.54, 1.807) is 11.8 Å². The summed E-state index contributed by atoms with van der Waals surface area (Å²) in [6, 6.07) is -0.154. The molecule has 14 heavy (non-hydrogen) atoms. The van der Waals surface area contributed by atoms with Crippen molar-refractivity contribution in [3.63, 3.8) is 0 Å². The molecule has 0 radical (unpaired) electrons. The minimum atomic E-state index is -0.154. The Morgan fingerprint density at radius 1 is 1.43 bits per heavy atom. The fourth-order valence-electron chi connectivity index (χ4n) is 0.888. The van der Waals surface area contributed by atoms with Crippen LogP contribution in [0.4, 0.5) is 0 Å². The van der Waals surface area contributed by atoms with Crippen LogP contribution in [-0.4, -0.2) is 16.0 Å². The van der Waals surface area contributed by atoms with Crippen LogP contribution in [0, 0.1) is 5.92 Å². The lowest BCUT2D eigenvalue weighted by molar-refractivity contribution is 0.349. The first-order valence-electron chi connectivity index (χ1n) is 4.87. The van der Waals surface area contributed by atoms with Crippen molar-refractivity contribution in [3.8, 4) is 0 Å². The first-order chi connectivity index (χ1) is 6.65. The fraction of sp³-hybridized carbons (Fsp3) is 0.778. The Kier molecular flexibility index (Phi) is 4.41. The highest BCUT2D eigenvalue weighted by Crippen LogP contribution is 2.22. The molecule has 0 aliphatic rings. The molecule has 0 aliphatic heterocycles. The highest BCUT2D eigenvalue weighted by molar-refractivity contribution is 7.99. The molecule has 1 heterocycles. The molecule has 0 saturated carbocycles.